The van der Waals surface area contributed by atoms with Crippen LogP contribution in [0.2, 0.25) is 0 Å². The number of fused-ring (bicyclic) bond motifs is 1. The number of hydrogen-bond acceptors (Lipinski definition) is 4. The molecule has 1 N–H and O–H groups in total. The summed E-state index contributed by atoms with van der Waals surface area (Å²) in [6.07, 6.45) is -0.582. The van der Waals surface area contributed by atoms with Crippen molar-refractivity contribution < 1.29 is 14.3 Å². The molecule has 2 saturated heterocycles. The van der Waals surface area contributed by atoms with E-state index in [1.165, 1.54) is 0 Å². The van der Waals surface area contributed by atoms with E-state index in [1.807, 2.05) is 0 Å². The highest BCUT2D eigenvalue weighted by molar-refractivity contribution is 5.62. The van der Waals surface area contributed by atoms with Gasteiger partial charge in [-0.25, -0.2) is 4.79 Å². The van der Waals surface area contributed by atoms with Gasteiger partial charge >= 0.3 is 6.16 Å². The van der Waals surface area contributed by atoms with Crippen molar-refractivity contribution in [2.24, 2.45) is 0 Å². The molecule has 2 atom stereocenters. The van der Waals surface area contributed by atoms with Gasteiger partial charge in [0, 0.05) is 13.1 Å². The Kier molecular flexibility index (Phi) is 0.900. The first kappa shape index (κ1) is 5.05. The summed E-state index contributed by atoms with van der Waals surface area (Å²) in [5.74, 6) is 0. The van der Waals surface area contributed by atoms with Crippen molar-refractivity contribution in [1.29, 1.82) is 0 Å². The molecule has 2 heterocycles. The molecule has 0 aromatic heterocycles. The number of hydrogen-bond donors (Lipinski definition) is 1. The van der Waals surface area contributed by atoms with Gasteiger partial charge in [0.1, 0.15) is 0 Å². The smallest absolute Gasteiger partial charge is 0.426 e. The van der Waals surface area contributed by atoms with E-state index in [1.54, 1.807) is 0 Å². The molecule has 0 bridgehead atoms. The molecule has 4 heteroatoms. The standard InChI is InChI=1S/C5H7NO3/c7-5-8-3-1-6-2-4(3)9-5/h3-4,6H,1-2H2/t3-,4+. The second-order valence-corrected chi connectivity index (χ2v) is 2.22. The molecule has 4 nitrogen and oxygen atoms in total. The first-order valence-corrected chi connectivity index (χ1v) is 2.94. The van der Waals surface area contributed by atoms with Crippen molar-refractivity contribution in [3.05, 3.63) is 0 Å². The lowest BCUT2D eigenvalue weighted by molar-refractivity contribution is 0.111. The predicted molar refractivity (Wildman–Crippen MR) is 28.0 cm³/mol. The van der Waals surface area contributed by atoms with Gasteiger partial charge < -0.3 is 14.8 Å². The van der Waals surface area contributed by atoms with E-state index in [2.05, 4.69) is 5.32 Å². The molecule has 2 aliphatic heterocycles. The highest BCUT2D eigenvalue weighted by atomic mass is 16.8. The van der Waals surface area contributed by atoms with Crippen molar-refractivity contribution >= 4 is 6.16 Å². The summed E-state index contributed by atoms with van der Waals surface area (Å²) >= 11 is 0. The lowest BCUT2D eigenvalue weighted by Crippen LogP contribution is -2.18. The van der Waals surface area contributed by atoms with E-state index >= 15 is 0 Å². The topological polar surface area (TPSA) is 47.6 Å². The van der Waals surface area contributed by atoms with E-state index in [-0.39, 0.29) is 12.2 Å². The summed E-state index contributed by atoms with van der Waals surface area (Å²) in [5.41, 5.74) is 0. The van der Waals surface area contributed by atoms with Crippen LogP contribution in [0.5, 0.6) is 0 Å². The fourth-order valence-electron chi connectivity index (χ4n) is 1.14. The Morgan fingerprint density at radius 2 is 1.89 bits per heavy atom. The Bertz CT molecular complexity index is 133. The molecule has 9 heavy (non-hydrogen) atoms. The molecule has 50 valence electrons. The molecule has 0 radical (unpaired) electrons. The maximum atomic E-state index is 10.4. The maximum Gasteiger partial charge on any atom is 0.509 e. The Balaban J connectivity index is 2.09. The number of carbonyl (C=O) groups is 1. The minimum atomic E-state index is -0.522. The van der Waals surface area contributed by atoms with Crippen molar-refractivity contribution in [3.63, 3.8) is 0 Å². The summed E-state index contributed by atoms with van der Waals surface area (Å²) in [4.78, 5) is 10.4. The maximum absolute atomic E-state index is 10.4. The molecule has 0 aromatic rings. The van der Waals surface area contributed by atoms with Gasteiger partial charge in [-0.05, 0) is 0 Å². The first-order valence-electron chi connectivity index (χ1n) is 2.94. The Labute approximate surface area is 52.1 Å². The van der Waals surface area contributed by atoms with Crippen molar-refractivity contribution in [3.8, 4) is 0 Å². The molecule has 2 rings (SSSR count). The lowest BCUT2D eigenvalue weighted by Gasteiger charge is -1.98. The van der Waals surface area contributed by atoms with E-state index in [4.69, 9.17) is 9.47 Å². The lowest BCUT2D eigenvalue weighted by atomic mass is 10.3. The Hall–Kier alpha value is -0.770. The van der Waals surface area contributed by atoms with Crippen LogP contribution in [0.3, 0.4) is 0 Å². The number of rotatable bonds is 0. The number of carbonyl (C=O) groups excluding carboxylic acids is 1. The summed E-state index contributed by atoms with van der Waals surface area (Å²) in [6.45, 7) is 1.47. The van der Waals surface area contributed by atoms with Gasteiger partial charge in [0.25, 0.3) is 0 Å². The molecule has 2 fully saturated rings. The Morgan fingerprint density at radius 3 is 2.44 bits per heavy atom. The molecule has 0 amide bonds. The van der Waals surface area contributed by atoms with Gasteiger partial charge in [-0.1, -0.05) is 0 Å². The zero-order valence-corrected chi connectivity index (χ0v) is 4.79. The average molecular weight is 129 g/mol. The third-order valence-electron chi connectivity index (χ3n) is 1.60. The molecular weight excluding hydrogens is 122 g/mol. The zero-order valence-electron chi connectivity index (χ0n) is 4.79. The van der Waals surface area contributed by atoms with Crippen molar-refractivity contribution in [2.45, 2.75) is 12.2 Å². The Morgan fingerprint density at radius 1 is 1.33 bits per heavy atom. The van der Waals surface area contributed by atoms with Gasteiger partial charge in [-0.15, -0.1) is 0 Å². The van der Waals surface area contributed by atoms with E-state index < -0.39 is 6.16 Å². The molecule has 0 aliphatic carbocycles. The molecule has 2 aliphatic rings. The largest absolute Gasteiger partial charge is 0.509 e. The van der Waals surface area contributed by atoms with Crippen molar-refractivity contribution in [1.82, 2.24) is 5.32 Å². The predicted octanol–water partition coefficient (Wildman–Crippen LogP) is -0.506. The SMILES string of the molecule is O=C1O[C@H]2CNC[C@H]2O1. The normalized spacial score (nSPS) is 39.8. The van der Waals surface area contributed by atoms with Crippen LogP contribution in [-0.4, -0.2) is 31.5 Å². The molecule has 0 unspecified atom stereocenters. The van der Waals surface area contributed by atoms with Crippen LogP contribution < -0.4 is 5.32 Å². The summed E-state index contributed by atoms with van der Waals surface area (Å²) in [6, 6.07) is 0. The monoisotopic (exact) mass is 129 g/mol. The van der Waals surface area contributed by atoms with Crippen LogP contribution in [-0.2, 0) is 9.47 Å². The van der Waals surface area contributed by atoms with Gasteiger partial charge in [-0.2, -0.15) is 0 Å². The highest BCUT2D eigenvalue weighted by Crippen LogP contribution is 2.17. The average Bonchev–Trinajstić information content (AvgIpc) is 2.22. The second-order valence-electron chi connectivity index (χ2n) is 2.22. The van der Waals surface area contributed by atoms with Crippen LogP contribution in [0.15, 0.2) is 0 Å². The van der Waals surface area contributed by atoms with Crippen LogP contribution in [0, 0.1) is 0 Å². The van der Waals surface area contributed by atoms with Crippen LogP contribution in [0.4, 0.5) is 4.79 Å². The zero-order chi connectivity index (χ0) is 6.27. The number of ether oxygens (including phenoxy) is 2. The second kappa shape index (κ2) is 1.60. The number of nitrogens with one attached hydrogen (secondary N) is 1. The van der Waals surface area contributed by atoms with E-state index in [9.17, 15) is 4.79 Å². The minimum Gasteiger partial charge on any atom is -0.426 e. The summed E-state index contributed by atoms with van der Waals surface area (Å²) < 4.78 is 9.52. The van der Waals surface area contributed by atoms with Gasteiger partial charge in [0.05, 0.1) is 0 Å². The molecular formula is C5H7NO3. The highest BCUT2D eigenvalue weighted by Gasteiger charge is 2.39. The molecule has 0 saturated carbocycles. The third kappa shape index (κ3) is 0.666. The van der Waals surface area contributed by atoms with E-state index in [0.717, 1.165) is 13.1 Å². The van der Waals surface area contributed by atoms with Crippen molar-refractivity contribution in [2.75, 3.05) is 13.1 Å². The summed E-state index contributed by atoms with van der Waals surface area (Å²) in [5, 5.41) is 3.04. The van der Waals surface area contributed by atoms with Crippen LogP contribution in [0.1, 0.15) is 0 Å². The van der Waals surface area contributed by atoms with Gasteiger partial charge in [0.15, 0.2) is 12.2 Å². The first-order chi connectivity index (χ1) is 4.36. The fourth-order valence-corrected chi connectivity index (χ4v) is 1.14. The van der Waals surface area contributed by atoms with Gasteiger partial charge in [0.2, 0.25) is 0 Å². The minimum absolute atomic E-state index is 0.0301. The van der Waals surface area contributed by atoms with Crippen LogP contribution in [0.25, 0.3) is 0 Å². The fraction of sp³-hybridized carbons (Fsp3) is 0.800. The third-order valence-corrected chi connectivity index (χ3v) is 1.60. The van der Waals surface area contributed by atoms with E-state index in [0.29, 0.717) is 0 Å². The molecule has 0 spiro atoms. The summed E-state index contributed by atoms with van der Waals surface area (Å²) in [7, 11) is 0. The van der Waals surface area contributed by atoms with Crippen LogP contribution >= 0.6 is 0 Å². The quantitative estimate of drug-likeness (QED) is 0.448. The van der Waals surface area contributed by atoms with Gasteiger partial charge in [-0.3, -0.25) is 0 Å². The molecule has 0 aromatic carbocycles.